The topological polar surface area (TPSA) is 73.9 Å². The quantitative estimate of drug-likeness (QED) is 0.415. The minimum atomic E-state index is -0.786. The third-order valence-electron chi connectivity index (χ3n) is 6.30. The first-order chi connectivity index (χ1) is 16.4. The van der Waals surface area contributed by atoms with Crippen LogP contribution in [0.25, 0.3) is 0 Å². The number of hydrogen-bond donors (Lipinski definition) is 2. The summed E-state index contributed by atoms with van der Waals surface area (Å²) in [5, 5.41) is 6.50. The first kappa shape index (κ1) is 25.7. The lowest BCUT2D eigenvalue weighted by Crippen LogP contribution is -2.55. The zero-order valence-electron chi connectivity index (χ0n) is 20.6. The van der Waals surface area contributed by atoms with Crippen molar-refractivity contribution in [2.75, 3.05) is 46.4 Å². The molecule has 1 heterocycles. The van der Waals surface area contributed by atoms with Crippen molar-refractivity contribution >= 4 is 12.0 Å². The van der Waals surface area contributed by atoms with Crippen LogP contribution in [-0.4, -0.2) is 73.7 Å². The Kier molecular flexibility index (Phi) is 9.48. The van der Waals surface area contributed by atoms with Crippen molar-refractivity contribution in [1.29, 1.82) is 0 Å². The number of carbonyl (C=O) groups is 2. The van der Waals surface area contributed by atoms with Gasteiger partial charge in [-0.2, -0.15) is 0 Å². The number of ether oxygens (including phenoxy) is 1. The van der Waals surface area contributed by atoms with Crippen molar-refractivity contribution in [1.82, 2.24) is 20.4 Å². The van der Waals surface area contributed by atoms with Crippen molar-refractivity contribution < 1.29 is 14.3 Å². The molecule has 0 aromatic heterocycles. The lowest BCUT2D eigenvalue weighted by Gasteiger charge is -2.43. The Balaban J connectivity index is 1.85. The number of methoxy groups -OCH3 is 1. The van der Waals surface area contributed by atoms with Crippen molar-refractivity contribution in [3.8, 4) is 0 Å². The number of piperazine rings is 1. The molecule has 0 radical (unpaired) electrons. The number of nitrogens with zero attached hydrogens (tertiary/aromatic N) is 2. The molecule has 184 valence electrons. The van der Waals surface area contributed by atoms with E-state index in [9.17, 15) is 9.59 Å². The fourth-order valence-electron chi connectivity index (χ4n) is 4.53. The number of benzene rings is 2. The van der Waals surface area contributed by atoms with Crippen molar-refractivity contribution in [2.45, 2.75) is 38.3 Å². The third kappa shape index (κ3) is 7.05. The van der Waals surface area contributed by atoms with Gasteiger partial charge in [0, 0.05) is 32.7 Å². The Morgan fingerprint density at radius 3 is 2.12 bits per heavy atom. The van der Waals surface area contributed by atoms with Crippen LogP contribution in [0.5, 0.6) is 0 Å². The van der Waals surface area contributed by atoms with Gasteiger partial charge in [0.05, 0.1) is 25.1 Å². The minimum absolute atomic E-state index is 0.0911. The number of urea groups is 1. The lowest BCUT2D eigenvalue weighted by molar-refractivity contribution is -0.143. The monoisotopic (exact) mass is 466 g/mol. The number of amides is 2. The summed E-state index contributed by atoms with van der Waals surface area (Å²) in [7, 11) is 1.38. The maximum absolute atomic E-state index is 13.7. The Morgan fingerprint density at radius 2 is 1.59 bits per heavy atom. The number of esters is 1. The van der Waals surface area contributed by atoms with Crippen LogP contribution in [0, 0.1) is 0 Å². The van der Waals surface area contributed by atoms with Gasteiger partial charge in [-0.15, -0.1) is 0 Å². The predicted molar refractivity (Wildman–Crippen MR) is 135 cm³/mol. The second-order valence-electron chi connectivity index (χ2n) is 9.34. The zero-order chi connectivity index (χ0) is 24.4. The molecule has 2 N–H and O–H groups in total. The fourth-order valence-corrected chi connectivity index (χ4v) is 4.53. The molecule has 2 aromatic rings. The van der Waals surface area contributed by atoms with Crippen LogP contribution in [-0.2, 0) is 9.53 Å². The van der Waals surface area contributed by atoms with Gasteiger partial charge in [0.2, 0.25) is 0 Å². The maximum atomic E-state index is 13.7. The van der Waals surface area contributed by atoms with E-state index in [1.165, 1.54) is 7.11 Å². The second-order valence-corrected chi connectivity index (χ2v) is 9.34. The molecule has 1 aliphatic rings. The van der Waals surface area contributed by atoms with Crippen LogP contribution in [0.4, 0.5) is 4.79 Å². The van der Waals surface area contributed by atoms with Crippen molar-refractivity contribution in [3.05, 3.63) is 71.8 Å². The van der Waals surface area contributed by atoms with E-state index in [-0.39, 0.29) is 24.5 Å². The van der Waals surface area contributed by atoms with Crippen molar-refractivity contribution in [2.24, 2.45) is 0 Å². The van der Waals surface area contributed by atoms with Gasteiger partial charge in [-0.05, 0) is 37.9 Å². The van der Waals surface area contributed by atoms with Crippen LogP contribution >= 0.6 is 0 Å². The second kappa shape index (κ2) is 12.5. The Hall–Kier alpha value is -2.90. The molecule has 0 unspecified atom stereocenters. The average Bonchev–Trinajstić information content (AvgIpc) is 2.86. The average molecular weight is 467 g/mol. The van der Waals surface area contributed by atoms with E-state index in [0.29, 0.717) is 6.54 Å². The smallest absolute Gasteiger partial charge is 0.318 e. The molecule has 0 aliphatic carbocycles. The summed E-state index contributed by atoms with van der Waals surface area (Å²) in [4.78, 5) is 30.3. The molecule has 1 saturated heterocycles. The molecule has 7 heteroatoms. The minimum Gasteiger partial charge on any atom is -0.469 e. The molecule has 3 rings (SSSR count). The highest BCUT2D eigenvalue weighted by Crippen LogP contribution is 2.36. The van der Waals surface area contributed by atoms with Crippen LogP contribution < -0.4 is 10.6 Å². The largest absolute Gasteiger partial charge is 0.469 e. The van der Waals surface area contributed by atoms with Crippen LogP contribution in [0.2, 0.25) is 0 Å². The summed E-state index contributed by atoms with van der Waals surface area (Å²) in [5.74, 6) is -0.346. The third-order valence-corrected chi connectivity index (χ3v) is 6.30. The van der Waals surface area contributed by atoms with Crippen LogP contribution in [0.1, 0.15) is 43.9 Å². The molecule has 0 atom stereocenters. The number of rotatable bonds is 10. The van der Waals surface area contributed by atoms with E-state index in [4.69, 9.17) is 4.74 Å². The molecule has 7 nitrogen and oxygen atoms in total. The van der Waals surface area contributed by atoms with Gasteiger partial charge < -0.3 is 25.2 Å². The highest BCUT2D eigenvalue weighted by atomic mass is 16.5. The molecular weight excluding hydrogens is 428 g/mol. The van der Waals surface area contributed by atoms with E-state index in [2.05, 4.69) is 15.5 Å². The molecule has 1 aliphatic heterocycles. The summed E-state index contributed by atoms with van der Waals surface area (Å²) in [6.45, 7) is 9.46. The molecule has 2 amide bonds. The lowest BCUT2D eigenvalue weighted by atomic mass is 9.90. The summed E-state index contributed by atoms with van der Waals surface area (Å²) < 4.78 is 4.96. The van der Waals surface area contributed by atoms with E-state index in [0.717, 1.165) is 50.3 Å². The van der Waals surface area contributed by atoms with Crippen LogP contribution in [0.3, 0.4) is 0 Å². The van der Waals surface area contributed by atoms with E-state index < -0.39 is 5.54 Å². The highest BCUT2D eigenvalue weighted by molar-refractivity contribution is 5.78. The molecule has 0 saturated carbocycles. The van der Waals surface area contributed by atoms with Gasteiger partial charge in [0.25, 0.3) is 0 Å². The zero-order valence-corrected chi connectivity index (χ0v) is 20.6. The first-order valence-corrected chi connectivity index (χ1v) is 12.1. The molecule has 0 bridgehead atoms. The molecule has 0 spiro atoms. The van der Waals surface area contributed by atoms with Crippen LogP contribution in [0.15, 0.2) is 60.7 Å². The maximum Gasteiger partial charge on any atom is 0.318 e. The van der Waals surface area contributed by atoms with Gasteiger partial charge in [0.1, 0.15) is 0 Å². The first-order valence-electron chi connectivity index (χ1n) is 12.1. The van der Waals surface area contributed by atoms with Gasteiger partial charge in [-0.25, -0.2) is 4.79 Å². The summed E-state index contributed by atoms with van der Waals surface area (Å²) in [6.07, 6.45) is 0.964. The molecule has 1 fully saturated rings. The number of hydrogen-bond acceptors (Lipinski definition) is 5. The Labute approximate surface area is 203 Å². The fraction of sp³-hybridized carbons (Fsp3) is 0.481. The van der Waals surface area contributed by atoms with E-state index in [1.54, 1.807) is 4.90 Å². The summed E-state index contributed by atoms with van der Waals surface area (Å²) in [6, 6.07) is 19.4. The van der Waals surface area contributed by atoms with E-state index >= 15 is 0 Å². The van der Waals surface area contributed by atoms with Gasteiger partial charge >= 0.3 is 12.0 Å². The van der Waals surface area contributed by atoms with Gasteiger partial charge in [-0.1, -0.05) is 60.7 Å². The van der Waals surface area contributed by atoms with Crippen molar-refractivity contribution in [3.63, 3.8) is 0 Å². The predicted octanol–water partition coefficient (Wildman–Crippen LogP) is 3.42. The SMILES string of the molecule is COC(=O)CC(C)(C)N(C(=O)NCCCN1CCNCC1)C(c1ccccc1)c1ccccc1. The molecular formula is C27H38N4O3. The Morgan fingerprint density at radius 1 is 1.03 bits per heavy atom. The normalized spacial score (nSPS) is 14.6. The van der Waals surface area contributed by atoms with Gasteiger partial charge in [-0.3, -0.25) is 4.79 Å². The molecule has 34 heavy (non-hydrogen) atoms. The number of carbonyl (C=O) groups excluding carboxylic acids is 2. The van der Waals surface area contributed by atoms with E-state index in [1.807, 2.05) is 74.5 Å². The van der Waals surface area contributed by atoms with Gasteiger partial charge in [0.15, 0.2) is 0 Å². The summed E-state index contributed by atoms with van der Waals surface area (Å²) >= 11 is 0. The number of nitrogens with one attached hydrogen (secondary N) is 2. The summed E-state index contributed by atoms with van der Waals surface area (Å²) in [5.41, 5.74) is 1.19. The standard InChI is InChI=1S/C27H38N4O3/c1-27(2,21-24(32)34-3)31(26(33)29-15-10-18-30-19-16-28-17-20-30)25(22-11-6-4-7-12-22)23-13-8-5-9-14-23/h4-9,11-14,25,28H,10,15-21H2,1-3H3,(H,29,33). The molecule has 2 aromatic carbocycles. The Bertz CT molecular complexity index is 859. The highest BCUT2D eigenvalue weighted by Gasteiger charge is 2.39.